The lowest BCUT2D eigenvalue weighted by Crippen LogP contribution is -2.30. The Morgan fingerprint density at radius 3 is 2.95 bits per heavy atom. The molecule has 3 heterocycles. The van der Waals surface area contributed by atoms with E-state index in [1.165, 1.54) is 13.1 Å². The van der Waals surface area contributed by atoms with Crippen molar-refractivity contribution in [1.29, 1.82) is 0 Å². The van der Waals surface area contributed by atoms with Gasteiger partial charge < -0.3 is 9.64 Å². The van der Waals surface area contributed by atoms with Crippen LogP contribution in [0.2, 0.25) is 0 Å². The minimum atomic E-state index is -0.913. The first-order valence-electron chi connectivity index (χ1n) is 6.98. The first kappa shape index (κ1) is 15.3. The topological polar surface area (TPSA) is 51.1 Å². The van der Waals surface area contributed by atoms with Crippen molar-refractivity contribution in [3.63, 3.8) is 0 Å². The van der Waals surface area contributed by atoms with E-state index in [1.807, 2.05) is 4.90 Å². The van der Waals surface area contributed by atoms with Gasteiger partial charge in [0.05, 0.1) is 24.3 Å². The van der Waals surface area contributed by atoms with Crippen molar-refractivity contribution in [3.8, 4) is 0 Å². The Hall–Kier alpha value is -1.60. The van der Waals surface area contributed by atoms with E-state index in [1.54, 1.807) is 0 Å². The van der Waals surface area contributed by atoms with Gasteiger partial charge in [-0.25, -0.2) is 4.39 Å². The molecule has 118 valence electrons. The molecule has 2 aliphatic rings. The largest absolute Gasteiger partial charge is 0.379 e. The van der Waals surface area contributed by atoms with Crippen molar-refractivity contribution in [2.75, 3.05) is 24.7 Å². The number of ether oxygens (including phenoxy) is 1. The number of fused-ring (bicyclic) bond motifs is 2. The third-order valence-corrected chi connectivity index (χ3v) is 4.18. The van der Waals surface area contributed by atoms with Crippen LogP contribution in [0.3, 0.4) is 0 Å². The summed E-state index contributed by atoms with van der Waals surface area (Å²) in [5.41, 5.74) is 0.197. The summed E-state index contributed by atoms with van der Waals surface area (Å²) in [7, 11) is 0. The van der Waals surface area contributed by atoms with Gasteiger partial charge in [-0.3, -0.25) is 4.98 Å². The van der Waals surface area contributed by atoms with E-state index < -0.39 is 11.9 Å². The summed E-state index contributed by atoms with van der Waals surface area (Å²) < 4.78 is 33.4. The molecule has 2 atom stereocenters. The maximum absolute atomic E-state index is 14.2. The quantitative estimate of drug-likeness (QED) is 0.752. The molecule has 22 heavy (non-hydrogen) atoms. The summed E-state index contributed by atoms with van der Waals surface area (Å²) in [5, 5.41) is 0.451. The molecule has 5 nitrogen and oxygen atoms in total. The maximum Gasteiger partial charge on any atom is 0.311 e. The number of hydrogen-bond donors (Lipinski definition) is 0. The average Bonchev–Trinajstić information content (AvgIpc) is 3.22. The Balaban J connectivity index is 0.00000144. The Morgan fingerprint density at radius 2 is 2.14 bits per heavy atom. The number of nitrogens with zero attached hydrogens (tertiary/aromatic N) is 4. The maximum atomic E-state index is 14.2. The zero-order valence-electron chi connectivity index (χ0n) is 11.9. The van der Waals surface area contributed by atoms with Crippen molar-refractivity contribution in [3.05, 3.63) is 23.8 Å². The molecule has 1 aliphatic carbocycles. The molecule has 0 bridgehead atoms. The van der Waals surface area contributed by atoms with Gasteiger partial charge in [0.15, 0.2) is 5.82 Å². The molecular weight excluding hydrogens is 314 g/mol. The highest BCUT2D eigenvalue weighted by molar-refractivity contribution is 5.89. The van der Waals surface area contributed by atoms with Crippen LogP contribution in [0.5, 0.6) is 0 Å². The van der Waals surface area contributed by atoms with Crippen molar-refractivity contribution < 1.29 is 13.5 Å². The zero-order chi connectivity index (χ0) is 14.6. The van der Waals surface area contributed by atoms with E-state index in [0.717, 1.165) is 13.0 Å². The molecule has 2 aromatic heterocycles. The first-order chi connectivity index (χ1) is 10.1. The number of hydrogen-bond acceptors (Lipinski definition) is 5. The van der Waals surface area contributed by atoms with Gasteiger partial charge in [0.2, 0.25) is 0 Å². The lowest BCUT2D eigenvalue weighted by Gasteiger charge is -2.23. The SMILES string of the molecule is Cc1ncc2c(N3CCOCC4C[C@H]43)nc(F)nc2c1F.Cl. The fourth-order valence-electron chi connectivity index (χ4n) is 2.94. The van der Waals surface area contributed by atoms with Crippen LogP contribution in [0.25, 0.3) is 10.9 Å². The summed E-state index contributed by atoms with van der Waals surface area (Å²) in [6, 6.07) is 0.286. The lowest BCUT2D eigenvalue weighted by molar-refractivity contribution is 0.139. The minimum Gasteiger partial charge on any atom is -0.379 e. The summed E-state index contributed by atoms with van der Waals surface area (Å²) >= 11 is 0. The summed E-state index contributed by atoms with van der Waals surface area (Å²) in [6.45, 7) is 3.42. The first-order valence-corrected chi connectivity index (χ1v) is 6.98. The van der Waals surface area contributed by atoms with Gasteiger partial charge in [-0.05, 0) is 13.3 Å². The van der Waals surface area contributed by atoms with Gasteiger partial charge in [-0.1, -0.05) is 0 Å². The minimum absolute atomic E-state index is 0. The second-order valence-corrected chi connectivity index (χ2v) is 5.57. The predicted octanol–water partition coefficient (Wildman–Crippen LogP) is 2.26. The number of pyridine rings is 1. The van der Waals surface area contributed by atoms with Gasteiger partial charge in [0, 0.05) is 24.7 Å². The molecule has 4 rings (SSSR count). The fourth-order valence-corrected chi connectivity index (χ4v) is 2.94. The Labute approximate surface area is 132 Å². The van der Waals surface area contributed by atoms with Crippen LogP contribution in [-0.4, -0.2) is 40.8 Å². The highest BCUT2D eigenvalue weighted by atomic mass is 35.5. The monoisotopic (exact) mass is 328 g/mol. The molecule has 1 saturated heterocycles. The van der Waals surface area contributed by atoms with Crippen molar-refractivity contribution in [2.24, 2.45) is 5.92 Å². The molecule has 0 radical (unpaired) electrons. The molecule has 1 aliphatic heterocycles. The summed E-state index contributed by atoms with van der Waals surface area (Å²) in [4.78, 5) is 13.5. The van der Waals surface area contributed by atoms with Crippen molar-refractivity contribution >= 4 is 29.1 Å². The van der Waals surface area contributed by atoms with Crippen molar-refractivity contribution in [2.45, 2.75) is 19.4 Å². The molecule has 0 spiro atoms. The number of rotatable bonds is 1. The molecule has 0 amide bonds. The van der Waals surface area contributed by atoms with E-state index in [2.05, 4.69) is 15.0 Å². The number of halogens is 3. The standard InChI is InChI=1S/C14H14F2N4O.ClH/c1-7-11(15)12-9(5-17-7)13(19-14(16)18-12)20-2-3-21-6-8-4-10(8)20;/h5,8,10H,2-4,6H2,1H3;1H/t8?,10-;/m1./s1. The second-order valence-electron chi connectivity index (χ2n) is 5.57. The molecule has 2 aromatic rings. The Morgan fingerprint density at radius 1 is 1.32 bits per heavy atom. The Kier molecular flexibility index (Phi) is 3.86. The molecule has 1 saturated carbocycles. The van der Waals surface area contributed by atoms with E-state index in [4.69, 9.17) is 4.74 Å². The fraction of sp³-hybridized carbons (Fsp3) is 0.500. The van der Waals surface area contributed by atoms with E-state index in [0.29, 0.717) is 30.3 Å². The van der Waals surface area contributed by atoms with Crippen LogP contribution in [0, 0.1) is 24.7 Å². The number of anilines is 1. The van der Waals surface area contributed by atoms with Crippen LogP contribution in [-0.2, 0) is 4.74 Å². The van der Waals surface area contributed by atoms with Crippen molar-refractivity contribution in [1.82, 2.24) is 15.0 Å². The molecule has 1 unspecified atom stereocenters. The predicted molar refractivity (Wildman–Crippen MR) is 79.3 cm³/mol. The van der Waals surface area contributed by atoms with Gasteiger partial charge >= 0.3 is 6.08 Å². The molecule has 2 fully saturated rings. The third-order valence-electron chi connectivity index (χ3n) is 4.18. The summed E-state index contributed by atoms with van der Waals surface area (Å²) in [5.74, 6) is 0.277. The highest BCUT2D eigenvalue weighted by Crippen LogP contribution is 2.41. The number of aromatic nitrogens is 3. The smallest absolute Gasteiger partial charge is 0.311 e. The van der Waals surface area contributed by atoms with Crippen LogP contribution in [0.1, 0.15) is 12.1 Å². The van der Waals surface area contributed by atoms with Gasteiger partial charge in [0.25, 0.3) is 0 Å². The molecule has 0 aromatic carbocycles. The molecule has 0 N–H and O–H groups in total. The van der Waals surface area contributed by atoms with E-state index >= 15 is 0 Å². The van der Waals surface area contributed by atoms with Crippen LogP contribution < -0.4 is 4.90 Å². The molecular formula is C14H15ClF2N4O. The number of aryl methyl sites for hydroxylation is 1. The second kappa shape index (κ2) is 5.55. The van der Waals surface area contributed by atoms with Crippen LogP contribution in [0.4, 0.5) is 14.6 Å². The molecule has 8 heteroatoms. The normalized spacial score (nSPS) is 23.7. The highest BCUT2D eigenvalue weighted by Gasteiger charge is 2.44. The van der Waals surface area contributed by atoms with Gasteiger partial charge in [-0.15, -0.1) is 12.4 Å². The van der Waals surface area contributed by atoms with E-state index in [9.17, 15) is 8.78 Å². The van der Waals surface area contributed by atoms with E-state index in [-0.39, 0.29) is 29.7 Å². The van der Waals surface area contributed by atoms with Crippen LogP contribution >= 0.6 is 12.4 Å². The van der Waals surface area contributed by atoms with Gasteiger partial charge in [-0.2, -0.15) is 14.4 Å². The zero-order valence-corrected chi connectivity index (χ0v) is 12.7. The lowest BCUT2D eigenvalue weighted by atomic mass is 10.2. The Bertz CT molecular complexity index is 730. The average molecular weight is 329 g/mol. The summed E-state index contributed by atoms with van der Waals surface area (Å²) in [6.07, 6.45) is 1.60. The van der Waals surface area contributed by atoms with Gasteiger partial charge in [0.1, 0.15) is 11.3 Å². The van der Waals surface area contributed by atoms with Crippen LogP contribution in [0.15, 0.2) is 6.20 Å². The third kappa shape index (κ3) is 2.38.